The highest BCUT2D eigenvalue weighted by Crippen LogP contribution is 2.15. The van der Waals surface area contributed by atoms with Crippen LogP contribution in [0.2, 0.25) is 0 Å². The van der Waals surface area contributed by atoms with Crippen LogP contribution in [0.1, 0.15) is 32.8 Å². The van der Waals surface area contributed by atoms with Crippen molar-refractivity contribution in [2.75, 3.05) is 20.3 Å². The second kappa shape index (κ2) is 8.94. The van der Waals surface area contributed by atoms with Crippen molar-refractivity contribution in [2.45, 2.75) is 39.8 Å². The van der Waals surface area contributed by atoms with Crippen LogP contribution in [0.15, 0.2) is 24.3 Å². The number of hydrogen-bond donors (Lipinski definition) is 1. The second-order valence-corrected chi connectivity index (χ2v) is 5.38. The minimum atomic E-state index is 0.185. The van der Waals surface area contributed by atoms with Crippen molar-refractivity contribution < 1.29 is 9.47 Å². The maximum Gasteiger partial charge on any atom is 0.119 e. The highest BCUT2D eigenvalue weighted by molar-refractivity contribution is 5.27. The van der Waals surface area contributed by atoms with Crippen LogP contribution in [0, 0.1) is 5.92 Å². The van der Waals surface area contributed by atoms with Gasteiger partial charge < -0.3 is 14.8 Å². The predicted molar refractivity (Wildman–Crippen MR) is 79.6 cm³/mol. The first-order valence-corrected chi connectivity index (χ1v) is 7.07. The van der Waals surface area contributed by atoms with Crippen LogP contribution < -0.4 is 10.1 Å². The van der Waals surface area contributed by atoms with Crippen molar-refractivity contribution in [1.82, 2.24) is 5.32 Å². The number of benzene rings is 1. The summed E-state index contributed by atoms with van der Waals surface area (Å²) in [5.74, 6) is 1.61. The van der Waals surface area contributed by atoms with Crippen molar-refractivity contribution in [2.24, 2.45) is 5.92 Å². The second-order valence-electron chi connectivity index (χ2n) is 5.38. The Balaban J connectivity index is 2.34. The van der Waals surface area contributed by atoms with Crippen LogP contribution in [0.4, 0.5) is 0 Å². The molecule has 3 heteroatoms. The summed E-state index contributed by atoms with van der Waals surface area (Å²) in [6.07, 6.45) is 1.10. The van der Waals surface area contributed by atoms with Gasteiger partial charge in [-0.15, -0.1) is 0 Å². The zero-order valence-corrected chi connectivity index (χ0v) is 12.6. The SMILES string of the molecule is COCCC(C)Oc1ccc(CNCC(C)C)cc1. The fraction of sp³-hybridized carbons (Fsp3) is 0.625. The summed E-state index contributed by atoms with van der Waals surface area (Å²) < 4.78 is 10.9. The zero-order valence-electron chi connectivity index (χ0n) is 12.6. The van der Waals surface area contributed by atoms with Crippen LogP contribution in [-0.2, 0) is 11.3 Å². The van der Waals surface area contributed by atoms with Crippen molar-refractivity contribution in [1.29, 1.82) is 0 Å². The molecule has 0 aliphatic heterocycles. The standard InChI is InChI=1S/C16H27NO2/c1-13(2)11-17-12-15-5-7-16(8-6-15)19-14(3)9-10-18-4/h5-8,13-14,17H,9-12H2,1-4H3. The molecule has 0 aliphatic carbocycles. The molecular formula is C16H27NO2. The van der Waals surface area contributed by atoms with Gasteiger partial charge >= 0.3 is 0 Å². The Labute approximate surface area is 117 Å². The van der Waals surface area contributed by atoms with Crippen LogP contribution in [0.25, 0.3) is 0 Å². The van der Waals surface area contributed by atoms with E-state index in [1.807, 2.05) is 12.1 Å². The van der Waals surface area contributed by atoms with Crippen LogP contribution in [0.3, 0.4) is 0 Å². The molecular weight excluding hydrogens is 238 g/mol. The highest BCUT2D eigenvalue weighted by Gasteiger charge is 2.03. The van der Waals surface area contributed by atoms with Crippen molar-refractivity contribution >= 4 is 0 Å². The molecule has 0 heterocycles. The minimum Gasteiger partial charge on any atom is -0.491 e. The van der Waals surface area contributed by atoms with Gasteiger partial charge in [-0.3, -0.25) is 0 Å². The summed E-state index contributed by atoms with van der Waals surface area (Å²) in [6.45, 7) is 9.19. The molecule has 1 aromatic rings. The number of nitrogens with one attached hydrogen (secondary N) is 1. The topological polar surface area (TPSA) is 30.5 Å². The van der Waals surface area contributed by atoms with E-state index < -0.39 is 0 Å². The minimum absolute atomic E-state index is 0.185. The lowest BCUT2D eigenvalue weighted by Gasteiger charge is -2.14. The molecule has 0 aromatic heterocycles. The first kappa shape index (κ1) is 16.0. The molecule has 0 fully saturated rings. The molecule has 0 aliphatic rings. The Kier molecular flexibility index (Phi) is 7.53. The van der Waals surface area contributed by atoms with Crippen LogP contribution in [0.5, 0.6) is 5.75 Å². The van der Waals surface area contributed by atoms with E-state index in [-0.39, 0.29) is 6.10 Å². The molecule has 0 saturated carbocycles. The zero-order chi connectivity index (χ0) is 14.1. The molecule has 0 amide bonds. The molecule has 1 unspecified atom stereocenters. The molecule has 1 aromatic carbocycles. The molecule has 0 radical (unpaired) electrons. The Morgan fingerprint density at radius 3 is 2.37 bits per heavy atom. The normalized spacial score (nSPS) is 12.7. The van der Waals surface area contributed by atoms with Crippen molar-refractivity contribution in [3.63, 3.8) is 0 Å². The van der Waals surface area contributed by atoms with E-state index in [2.05, 4.69) is 38.2 Å². The third-order valence-electron chi connectivity index (χ3n) is 2.87. The summed E-state index contributed by atoms with van der Waals surface area (Å²) in [7, 11) is 1.71. The van der Waals surface area contributed by atoms with Gasteiger partial charge in [-0.2, -0.15) is 0 Å². The average molecular weight is 265 g/mol. The lowest BCUT2D eigenvalue weighted by Crippen LogP contribution is -2.19. The van der Waals surface area contributed by atoms with Crippen LogP contribution in [-0.4, -0.2) is 26.4 Å². The van der Waals surface area contributed by atoms with Gasteiger partial charge in [0.25, 0.3) is 0 Å². The first-order chi connectivity index (χ1) is 9.11. The highest BCUT2D eigenvalue weighted by atomic mass is 16.5. The van der Waals surface area contributed by atoms with Gasteiger partial charge in [0.05, 0.1) is 6.10 Å². The van der Waals surface area contributed by atoms with Gasteiger partial charge in [-0.05, 0) is 37.1 Å². The first-order valence-electron chi connectivity index (χ1n) is 7.07. The number of rotatable bonds is 9. The van der Waals surface area contributed by atoms with Gasteiger partial charge in [0.2, 0.25) is 0 Å². The molecule has 108 valence electrons. The molecule has 0 spiro atoms. The summed E-state index contributed by atoms with van der Waals surface area (Å²) in [5, 5.41) is 3.43. The van der Waals surface area contributed by atoms with Gasteiger partial charge in [-0.25, -0.2) is 0 Å². The fourth-order valence-corrected chi connectivity index (χ4v) is 1.77. The predicted octanol–water partition coefficient (Wildman–Crippen LogP) is 3.24. The lowest BCUT2D eigenvalue weighted by molar-refractivity contribution is 0.135. The third kappa shape index (κ3) is 7.19. The molecule has 1 atom stereocenters. The van der Waals surface area contributed by atoms with Crippen LogP contribution >= 0.6 is 0 Å². The Morgan fingerprint density at radius 2 is 1.79 bits per heavy atom. The van der Waals surface area contributed by atoms with E-state index >= 15 is 0 Å². The maximum absolute atomic E-state index is 5.81. The summed E-state index contributed by atoms with van der Waals surface area (Å²) in [5.41, 5.74) is 1.29. The van der Waals surface area contributed by atoms with Gasteiger partial charge in [0, 0.05) is 26.7 Å². The van der Waals surface area contributed by atoms with Gasteiger partial charge in [0.15, 0.2) is 0 Å². The van der Waals surface area contributed by atoms with E-state index in [9.17, 15) is 0 Å². The number of hydrogen-bond acceptors (Lipinski definition) is 3. The van der Waals surface area contributed by atoms with Crippen molar-refractivity contribution in [3.8, 4) is 5.75 Å². The molecule has 0 bridgehead atoms. The fourth-order valence-electron chi connectivity index (χ4n) is 1.77. The summed E-state index contributed by atoms with van der Waals surface area (Å²) in [4.78, 5) is 0. The smallest absolute Gasteiger partial charge is 0.119 e. The average Bonchev–Trinajstić information content (AvgIpc) is 2.38. The Hall–Kier alpha value is -1.06. The molecule has 1 rings (SSSR count). The molecule has 1 N–H and O–H groups in total. The quantitative estimate of drug-likeness (QED) is 0.743. The summed E-state index contributed by atoms with van der Waals surface area (Å²) >= 11 is 0. The van der Waals surface area contributed by atoms with Crippen molar-refractivity contribution in [3.05, 3.63) is 29.8 Å². The number of methoxy groups -OCH3 is 1. The van der Waals surface area contributed by atoms with E-state index in [4.69, 9.17) is 9.47 Å². The van der Waals surface area contributed by atoms with E-state index in [1.54, 1.807) is 7.11 Å². The van der Waals surface area contributed by atoms with E-state index in [1.165, 1.54) is 5.56 Å². The largest absolute Gasteiger partial charge is 0.491 e. The Bertz CT molecular complexity index is 335. The monoisotopic (exact) mass is 265 g/mol. The van der Waals surface area contributed by atoms with Gasteiger partial charge in [0.1, 0.15) is 5.75 Å². The maximum atomic E-state index is 5.81. The molecule has 19 heavy (non-hydrogen) atoms. The lowest BCUT2D eigenvalue weighted by atomic mass is 10.2. The van der Waals surface area contributed by atoms with E-state index in [0.717, 1.165) is 31.9 Å². The third-order valence-corrected chi connectivity index (χ3v) is 2.87. The molecule has 3 nitrogen and oxygen atoms in total. The van der Waals surface area contributed by atoms with E-state index in [0.29, 0.717) is 5.92 Å². The summed E-state index contributed by atoms with van der Waals surface area (Å²) in [6, 6.07) is 8.31. The Morgan fingerprint density at radius 1 is 1.11 bits per heavy atom. The molecule has 0 saturated heterocycles. The van der Waals surface area contributed by atoms with Gasteiger partial charge in [-0.1, -0.05) is 26.0 Å². The number of ether oxygens (including phenoxy) is 2.